The molecule has 0 amide bonds. The number of nitrogens with zero attached hydrogens (tertiary/aromatic N) is 2. The van der Waals surface area contributed by atoms with Crippen LogP contribution in [-0.4, -0.2) is 37.1 Å². The highest BCUT2D eigenvalue weighted by molar-refractivity contribution is 9.10. The molecule has 2 aliphatic rings. The van der Waals surface area contributed by atoms with Crippen LogP contribution in [0, 0.1) is 0 Å². The van der Waals surface area contributed by atoms with Gasteiger partial charge in [0.1, 0.15) is 0 Å². The molecule has 0 spiro atoms. The van der Waals surface area contributed by atoms with Gasteiger partial charge in [-0.3, -0.25) is 4.90 Å². The van der Waals surface area contributed by atoms with Crippen LogP contribution in [-0.2, 0) is 5.33 Å². The molecule has 19 heavy (non-hydrogen) atoms. The Labute approximate surface area is 132 Å². The fraction of sp³-hybridized carbons (Fsp3) is 0.600. The zero-order valence-corrected chi connectivity index (χ0v) is 14.3. The van der Waals surface area contributed by atoms with Crippen molar-refractivity contribution in [1.82, 2.24) is 4.90 Å². The zero-order valence-electron chi connectivity index (χ0n) is 11.1. The first-order chi connectivity index (χ1) is 9.28. The Kier molecular flexibility index (Phi) is 4.50. The largest absolute Gasteiger partial charge is 0.369 e. The van der Waals surface area contributed by atoms with E-state index in [-0.39, 0.29) is 0 Å². The molecule has 0 N–H and O–H groups in total. The Morgan fingerprint density at radius 1 is 1.16 bits per heavy atom. The summed E-state index contributed by atoms with van der Waals surface area (Å²) < 4.78 is 1.23. The van der Waals surface area contributed by atoms with Crippen LogP contribution < -0.4 is 4.90 Å². The molecule has 2 fully saturated rings. The van der Waals surface area contributed by atoms with Crippen molar-refractivity contribution >= 4 is 37.5 Å². The number of benzene rings is 1. The monoisotopic (exact) mass is 386 g/mol. The minimum atomic E-state index is 0.769. The minimum absolute atomic E-state index is 0.769. The molecule has 2 saturated heterocycles. The molecular weight excluding hydrogens is 368 g/mol. The third kappa shape index (κ3) is 3.01. The molecule has 0 bridgehead atoms. The SMILES string of the molecule is BrCc1ccc(N2CCC(N3CCCC3)C2)c(Br)c1. The van der Waals surface area contributed by atoms with Crippen molar-refractivity contribution in [2.75, 3.05) is 31.1 Å². The normalized spacial score (nSPS) is 24.3. The second kappa shape index (κ2) is 6.15. The van der Waals surface area contributed by atoms with Crippen LogP contribution in [0.1, 0.15) is 24.8 Å². The van der Waals surface area contributed by atoms with E-state index >= 15 is 0 Å². The maximum Gasteiger partial charge on any atom is 0.0511 e. The van der Waals surface area contributed by atoms with Gasteiger partial charge in [-0.2, -0.15) is 0 Å². The average molecular weight is 388 g/mol. The van der Waals surface area contributed by atoms with Crippen LogP contribution in [0.5, 0.6) is 0 Å². The van der Waals surface area contributed by atoms with Gasteiger partial charge in [-0.05, 0) is 66.0 Å². The maximum absolute atomic E-state index is 3.73. The van der Waals surface area contributed by atoms with Crippen LogP contribution in [0.2, 0.25) is 0 Å². The van der Waals surface area contributed by atoms with E-state index in [9.17, 15) is 0 Å². The molecule has 0 saturated carbocycles. The summed E-state index contributed by atoms with van der Waals surface area (Å²) in [6.07, 6.45) is 4.09. The van der Waals surface area contributed by atoms with E-state index in [1.807, 2.05) is 0 Å². The van der Waals surface area contributed by atoms with Gasteiger partial charge in [0.05, 0.1) is 5.69 Å². The number of hydrogen-bond acceptors (Lipinski definition) is 2. The summed E-state index contributed by atoms with van der Waals surface area (Å²) >= 11 is 7.24. The molecule has 0 radical (unpaired) electrons. The fourth-order valence-corrected chi connectivity index (χ4v) is 4.28. The van der Waals surface area contributed by atoms with Crippen LogP contribution in [0.15, 0.2) is 22.7 Å². The highest BCUT2D eigenvalue weighted by atomic mass is 79.9. The number of anilines is 1. The van der Waals surface area contributed by atoms with Crippen molar-refractivity contribution < 1.29 is 0 Å². The summed E-state index contributed by atoms with van der Waals surface area (Å²) in [6, 6.07) is 7.48. The predicted octanol–water partition coefficient (Wildman–Crippen LogP) is 4.02. The lowest BCUT2D eigenvalue weighted by Crippen LogP contribution is -2.35. The summed E-state index contributed by atoms with van der Waals surface area (Å²) in [5.41, 5.74) is 2.68. The summed E-state index contributed by atoms with van der Waals surface area (Å²) in [5.74, 6) is 0. The summed E-state index contributed by atoms with van der Waals surface area (Å²) in [7, 11) is 0. The minimum Gasteiger partial charge on any atom is -0.369 e. The van der Waals surface area contributed by atoms with Crippen molar-refractivity contribution in [3.05, 3.63) is 28.2 Å². The predicted molar refractivity (Wildman–Crippen MR) is 88.2 cm³/mol. The molecule has 0 aromatic heterocycles. The van der Waals surface area contributed by atoms with Gasteiger partial charge in [-0.1, -0.05) is 22.0 Å². The summed E-state index contributed by atoms with van der Waals surface area (Å²) in [6.45, 7) is 4.99. The average Bonchev–Trinajstić information content (AvgIpc) is 3.09. The van der Waals surface area contributed by atoms with Gasteiger partial charge < -0.3 is 4.90 Å². The lowest BCUT2D eigenvalue weighted by atomic mass is 10.2. The Bertz CT molecular complexity index is 444. The van der Waals surface area contributed by atoms with Gasteiger partial charge >= 0.3 is 0 Å². The first kappa shape index (κ1) is 13.9. The van der Waals surface area contributed by atoms with Gasteiger partial charge in [0.2, 0.25) is 0 Å². The molecule has 3 rings (SSSR count). The van der Waals surface area contributed by atoms with E-state index in [0.29, 0.717) is 0 Å². The lowest BCUT2D eigenvalue weighted by molar-refractivity contribution is 0.260. The van der Waals surface area contributed by atoms with Gasteiger partial charge in [-0.15, -0.1) is 0 Å². The second-order valence-electron chi connectivity index (χ2n) is 5.55. The van der Waals surface area contributed by atoms with Crippen LogP contribution in [0.3, 0.4) is 0 Å². The second-order valence-corrected chi connectivity index (χ2v) is 6.97. The quantitative estimate of drug-likeness (QED) is 0.722. The van der Waals surface area contributed by atoms with Crippen LogP contribution in [0.4, 0.5) is 5.69 Å². The number of halogens is 2. The first-order valence-electron chi connectivity index (χ1n) is 7.11. The van der Waals surface area contributed by atoms with Crippen molar-refractivity contribution in [1.29, 1.82) is 0 Å². The van der Waals surface area contributed by atoms with Gasteiger partial charge in [-0.25, -0.2) is 0 Å². The topological polar surface area (TPSA) is 6.48 Å². The lowest BCUT2D eigenvalue weighted by Gasteiger charge is -2.25. The van der Waals surface area contributed by atoms with E-state index in [0.717, 1.165) is 11.4 Å². The molecule has 2 heterocycles. The highest BCUT2D eigenvalue weighted by Crippen LogP contribution is 2.32. The molecular formula is C15H20Br2N2. The van der Waals surface area contributed by atoms with E-state index in [1.54, 1.807) is 0 Å². The number of rotatable bonds is 3. The van der Waals surface area contributed by atoms with Gasteiger partial charge in [0.15, 0.2) is 0 Å². The molecule has 1 aromatic carbocycles. The van der Waals surface area contributed by atoms with E-state index in [2.05, 4.69) is 59.9 Å². The summed E-state index contributed by atoms with van der Waals surface area (Å²) in [4.78, 5) is 5.21. The smallest absolute Gasteiger partial charge is 0.0511 e. The molecule has 2 nitrogen and oxygen atoms in total. The van der Waals surface area contributed by atoms with Crippen molar-refractivity contribution in [3.8, 4) is 0 Å². The molecule has 104 valence electrons. The van der Waals surface area contributed by atoms with Crippen molar-refractivity contribution in [2.45, 2.75) is 30.6 Å². The number of alkyl halides is 1. The van der Waals surface area contributed by atoms with Gasteiger partial charge in [0.25, 0.3) is 0 Å². The Morgan fingerprint density at radius 3 is 2.63 bits per heavy atom. The third-order valence-electron chi connectivity index (χ3n) is 4.33. The number of likely N-dealkylation sites (tertiary alicyclic amines) is 1. The molecule has 1 atom stereocenters. The number of hydrogen-bond donors (Lipinski definition) is 0. The molecule has 2 aliphatic heterocycles. The Hall–Kier alpha value is -0.0600. The zero-order chi connectivity index (χ0) is 13.2. The van der Waals surface area contributed by atoms with E-state index in [1.165, 1.54) is 61.2 Å². The molecule has 1 unspecified atom stereocenters. The Balaban J connectivity index is 1.70. The Morgan fingerprint density at radius 2 is 1.95 bits per heavy atom. The maximum atomic E-state index is 3.73. The van der Waals surface area contributed by atoms with Crippen molar-refractivity contribution in [2.24, 2.45) is 0 Å². The third-order valence-corrected chi connectivity index (χ3v) is 5.61. The van der Waals surface area contributed by atoms with E-state index < -0.39 is 0 Å². The van der Waals surface area contributed by atoms with Crippen LogP contribution in [0.25, 0.3) is 0 Å². The molecule has 1 aromatic rings. The molecule has 4 heteroatoms. The van der Waals surface area contributed by atoms with E-state index in [4.69, 9.17) is 0 Å². The highest BCUT2D eigenvalue weighted by Gasteiger charge is 2.29. The summed E-state index contributed by atoms with van der Waals surface area (Å²) in [5, 5.41) is 0.919. The fourth-order valence-electron chi connectivity index (χ4n) is 3.26. The molecule has 0 aliphatic carbocycles. The van der Waals surface area contributed by atoms with Gasteiger partial charge in [0, 0.05) is 28.9 Å². The standard InChI is InChI=1S/C15H20Br2N2/c16-10-12-3-4-15(14(17)9-12)19-8-5-13(11-19)18-6-1-2-7-18/h3-4,9,13H,1-2,5-8,10-11H2. The van der Waals surface area contributed by atoms with Crippen LogP contribution >= 0.6 is 31.9 Å². The van der Waals surface area contributed by atoms with Crippen molar-refractivity contribution in [3.63, 3.8) is 0 Å². The first-order valence-corrected chi connectivity index (χ1v) is 9.03.